The highest BCUT2D eigenvalue weighted by molar-refractivity contribution is 5.79. The summed E-state index contributed by atoms with van der Waals surface area (Å²) in [6, 6.07) is 13.6. The van der Waals surface area contributed by atoms with Crippen LogP contribution in [-0.4, -0.2) is 10.1 Å². The molecule has 2 heterocycles. The van der Waals surface area contributed by atoms with E-state index in [9.17, 15) is 5.11 Å². The molecule has 96 valence electrons. The van der Waals surface area contributed by atoms with Gasteiger partial charge in [-0.3, -0.25) is 4.98 Å². The van der Waals surface area contributed by atoms with Crippen LogP contribution in [0.15, 0.2) is 53.1 Å². The van der Waals surface area contributed by atoms with E-state index in [1.807, 2.05) is 49.4 Å². The minimum absolute atomic E-state index is 0.484. The van der Waals surface area contributed by atoms with Crippen LogP contribution in [0.4, 0.5) is 0 Å². The fraction of sp³-hybridized carbons (Fsp3) is 0.188. The van der Waals surface area contributed by atoms with E-state index in [-0.39, 0.29) is 0 Å². The monoisotopic (exact) mass is 253 g/mol. The summed E-state index contributed by atoms with van der Waals surface area (Å²) in [6.07, 6.45) is 1.55. The standard InChI is InChI=1S/C16H15NO2/c1-11-4-5-12-9-13(6-7-15(12)17-11)16(18)10-14-3-2-8-19-14/h2-9,16,18H,10H2,1H3. The van der Waals surface area contributed by atoms with Gasteiger partial charge in [-0.1, -0.05) is 12.1 Å². The Labute approximate surface area is 111 Å². The van der Waals surface area contributed by atoms with Crippen molar-refractivity contribution >= 4 is 10.9 Å². The highest BCUT2D eigenvalue weighted by atomic mass is 16.3. The molecule has 0 aliphatic rings. The van der Waals surface area contributed by atoms with Gasteiger partial charge in [0.1, 0.15) is 5.76 Å². The van der Waals surface area contributed by atoms with Crippen molar-refractivity contribution in [2.24, 2.45) is 0 Å². The van der Waals surface area contributed by atoms with Crippen LogP contribution in [0, 0.1) is 6.92 Å². The number of benzene rings is 1. The van der Waals surface area contributed by atoms with Gasteiger partial charge in [-0.15, -0.1) is 0 Å². The average Bonchev–Trinajstić information content (AvgIpc) is 2.91. The van der Waals surface area contributed by atoms with Crippen molar-refractivity contribution in [1.82, 2.24) is 4.98 Å². The van der Waals surface area contributed by atoms with Crippen LogP contribution >= 0.6 is 0 Å². The topological polar surface area (TPSA) is 46.3 Å². The zero-order valence-electron chi connectivity index (χ0n) is 10.7. The minimum atomic E-state index is -0.558. The lowest BCUT2D eigenvalue weighted by atomic mass is 10.0. The molecule has 3 rings (SSSR count). The summed E-state index contributed by atoms with van der Waals surface area (Å²) in [6.45, 7) is 1.97. The average molecular weight is 253 g/mol. The number of aryl methyl sites for hydroxylation is 1. The van der Waals surface area contributed by atoms with Gasteiger partial charge >= 0.3 is 0 Å². The third kappa shape index (κ3) is 2.51. The quantitative estimate of drug-likeness (QED) is 0.778. The Morgan fingerprint density at radius 2 is 2.11 bits per heavy atom. The van der Waals surface area contributed by atoms with Crippen LogP contribution in [0.2, 0.25) is 0 Å². The van der Waals surface area contributed by atoms with Gasteiger partial charge in [0.05, 0.1) is 17.9 Å². The second kappa shape index (κ2) is 4.86. The number of pyridine rings is 1. The molecule has 0 radical (unpaired) electrons. The van der Waals surface area contributed by atoms with Gasteiger partial charge in [-0.25, -0.2) is 0 Å². The van der Waals surface area contributed by atoms with Gasteiger partial charge in [-0.05, 0) is 42.8 Å². The number of rotatable bonds is 3. The van der Waals surface area contributed by atoms with Crippen molar-refractivity contribution in [1.29, 1.82) is 0 Å². The van der Waals surface area contributed by atoms with E-state index >= 15 is 0 Å². The number of furan rings is 1. The van der Waals surface area contributed by atoms with E-state index in [0.29, 0.717) is 6.42 Å². The zero-order valence-corrected chi connectivity index (χ0v) is 10.7. The molecule has 0 aliphatic carbocycles. The molecule has 1 unspecified atom stereocenters. The van der Waals surface area contributed by atoms with Gasteiger partial charge < -0.3 is 9.52 Å². The Hall–Kier alpha value is -2.13. The van der Waals surface area contributed by atoms with Crippen molar-refractivity contribution in [2.45, 2.75) is 19.4 Å². The van der Waals surface area contributed by atoms with E-state index in [0.717, 1.165) is 27.9 Å². The van der Waals surface area contributed by atoms with E-state index in [2.05, 4.69) is 4.98 Å². The van der Waals surface area contributed by atoms with Crippen LogP contribution in [0.3, 0.4) is 0 Å². The van der Waals surface area contributed by atoms with E-state index in [1.165, 1.54) is 0 Å². The molecule has 1 N–H and O–H groups in total. The van der Waals surface area contributed by atoms with E-state index in [1.54, 1.807) is 6.26 Å². The normalized spacial score (nSPS) is 12.7. The first kappa shape index (κ1) is 11.9. The second-order valence-electron chi connectivity index (χ2n) is 4.70. The summed E-state index contributed by atoms with van der Waals surface area (Å²) in [7, 11) is 0. The Bertz CT molecular complexity index is 689. The molecule has 0 aliphatic heterocycles. The van der Waals surface area contributed by atoms with Crippen molar-refractivity contribution in [3.63, 3.8) is 0 Å². The third-order valence-corrected chi connectivity index (χ3v) is 3.21. The predicted molar refractivity (Wildman–Crippen MR) is 73.9 cm³/mol. The lowest BCUT2D eigenvalue weighted by molar-refractivity contribution is 0.170. The number of hydrogen-bond acceptors (Lipinski definition) is 3. The molecular weight excluding hydrogens is 238 g/mol. The molecule has 0 spiro atoms. The number of aliphatic hydroxyl groups excluding tert-OH is 1. The molecule has 3 nitrogen and oxygen atoms in total. The van der Waals surface area contributed by atoms with E-state index < -0.39 is 6.10 Å². The first-order valence-corrected chi connectivity index (χ1v) is 6.30. The number of hydrogen-bond donors (Lipinski definition) is 1. The molecule has 0 fully saturated rings. The Morgan fingerprint density at radius 3 is 2.89 bits per heavy atom. The molecule has 1 atom stereocenters. The Kier molecular flexibility index (Phi) is 3.05. The lowest BCUT2D eigenvalue weighted by Gasteiger charge is -2.10. The molecule has 2 aromatic heterocycles. The summed E-state index contributed by atoms with van der Waals surface area (Å²) in [5.41, 5.74) is 2.83. The van der Waals surface area contributed by atoms with Crippen LogP contribution in [0.5, 0.6) is 0 Å². The summed E-state index contributed by atoms with van der Waals surface area (Å²) >= 11 is 0. The lowest BCUT2D eigenvalue weighted by Crippen LogP contribution is -2.01. The summed E-state index contributed by atoms with van der Waals surface area (Å²) in [5, 5.41) is 11.3. The van der Waals surface area contributed by atoms with Gasteiger partial charge in [0, 0.05) is 17.5 Å². The van der Waals surface area contributed by atoms with Crippen LogP contribution in [0.1, 0.15) is 23.1 Å². The first-order valence-electron chi connectivity index (χ1n) is 6.30. The molecule has 1 aromatic carbocycles. The number of fused-ring (bicyclic) bond motifs is 1. The Balaban J connectivity index is 1.90. The van der Waals surface area contributed by atoms with Gasteiger partial charge in [-0.2, -0.15) is 0 Å². The molecule has 0 amide bonds. The fourth-order valence-electron chi connectivity index (χ4n) is 2.19. The summed E-state index contributed by atoms with van der Waals surface area (Å²) < 4.78 is 5.26. The van der Waals surface area contributed by atoms with Crippen molar-refractivity contribution in [3.05, 3.63) is 65.7 Å². The molecule has 0 saturated carbocycles. The molecular formula is C16H15NO2. The maximum Gasteiger partial charge on any atom is 0.106 e. The molecule has 0 bridgehead atoms. The third-order valence-electron chi connectivity index (χ3n) is 3.21. The summed E-state index contributed by atoms with van der Waals surface area (Å²) in [5.74, 6) is 0.787. The van der Waals surface area contributed by atoms with E-state index in [4.69, 9.17) is 4.42 Å². The van der Waals surface area contributed by atoms with Gasteiger partial charge in [0.2, 0.25) is 0 Å². The second-order valence-corrected chi connectivity index (χ2v) is 4.70. The smallest absolute Gasteiger partial charge is 0.106 e. The molecule has 3 heteroatoms. The number of nitrogens with zero attached hydrogens (tertiary/aromatic N) is 1. The predicted octanol–water partition coefficient (Wildman–Crippen LogP) is 3.41. The van der Waals surface area contributed by atoms with Crippen molar-refractivity contribution in [2.75, 3.05) is 0 Å². The van der Waals surface area contributed by atoms with Crippen molar-refractivity contribution < 1.29 is 9.52 Å². The van der Waals surface area contributed by atoms with Gasteiger partial charge in [0.15, 0.2) is 0 Å². The van der Waals surface area contributed by atoms with Crippen LogP contribution < -0.4 is 0 Å². The number of aromatic nitrogens is 1. The highest BCUT2D eigenvalue weighted by Gasteiger charge is 2.11. The van der Waals surface area contributed by atoms with Gasteiger partial charge in [0.25, 0.3) is 0 Å². The van der Waals surface area contributed by atoms with Crippen LogP contribution in [-0.2, 0) is 6.42 Å². The van der Waals surface area contributed by atoms with Crippen LogP contribution in [0.25, 0.3) is 10.9 Å². The fourth-order valence-corrected chi connectivity index (χ4v) is 2.19. The molecule has 3 aromatic rings. The largest absolute Gasteiger partial charge is 0.469 e. The van der Waals surface area contributed by atoms with Crippen molar-refractivity contribution in [3.8, 4) is 0 Å². The molecule has 19 heavy (non-hydrogen) atoms. The SMILES string of the molecule is Cc1ccc2cc(C(O)Cc3ccco3)ccc2n1. The first-order chi connectivity index (χ1) is 9.22. The minimum Gasteiger partial charge on any atom is -0.469 e. The highest BCUT2D eigenvalue weighted by Crippen LogP contribution is 2.22. The molecule has 0 saturated heterocycles. The maximum absolute atomic E-state index is 10.2. The summed E-state index contributed by atoms with van der Waals surface area (Å²) in [4.78, 5) is 4.45. The Morgan fingerprint density at radius 1 is 1.21 bits per heavy atom. The maximum atomic E-state index is 10.2. The zero-order chi connectivity index (χ0) is 13.2. The number of aliphatic hydroxyl groups is 1.